The molecule has 0 fully saturated rings. The Morgan fingerprint density at radius 2 is 1.93 bits per heavy atom. The first-order valence-electron chi connectivity index (χ1n) is 8.23. The van der Waals surface area contributed by atoms with Crippen LogP contribution in [0.1, 0.15) is 11.1 Å². The van der Waals surface area contributed by atoms with Crippen LogP contribution in [0.5, 0.6) is 0 Å². The smallest absolute Gasteiger partial charge is 0.329 e. The van der Waals surface area contributed by atoms with Gasteiger partial charge in [0.15, 0.2) is 0 Å². The summed E-state index contributed by atoms with van der Waals surface area (Å²) in [5.41, 5.74) is 5.84. The number of carbonyl (C=O) groups is 2. The number of para-hydroxylation sites is 1. The standard InChI is InChI=1S/C19H21BrN4O3/c1-13-5-3-4-6-16(13)23-17-8-7-15(20)11-14(17)12-22-24-19(26)18(25)21-9-10-27-2/h3-8,11-12,23H,9-10H2,1-2H3,(H,21,25)(H,24,26)/b22-12-. The van der Waals surface area contributed by atoms with E-state index in [2.05, 4.69) is 37.1 Å². The van der Waals surface area contributed by atoms with Gasteiger partial charge >= 0.3 is 11.8 Å². The molecule has 2 amide bonds. The number of ether oxygens (including phenoxy) is 1. The van der Waals surface area contributed by atoms with Crippen molar-refractivity contribution in [3.05, 3.63) is 58.1 Å². The third kappa shape index (κ3) is 6.50. The summed E-state index contributed by atoms with van der Waals surface area (Å²) < 4.78 is 5.67. The highest BCUT2D eigenvalue weighted by atomic mass is 79.9. The highest BCUT2D eigenvalue weighted by molar-refractivity contribution is 9.10. The number of nitrogens with one attached hydrogen (secondary N) is 3. The highest BCUT2D eigenvalue weighted by Crippen LogP contribution is 2.25. The minimum atomic E-state index is -0.842. The first kappa shape index (κ1) is 20.6. The second-order valence-electron chi connectivity index (χ2n) is 5.62. The Balaban J connectivity index is 2.06. The number of nitrogens with zero attached hydrogens (tertiary/aromatic N) is 1. The number of amides is 2. The van der Waals surface area contributed by atoms with Crippen molar-refractivity contribution in [3.8, 4) is 0 Å². The molecule has 3 N–H and O–H groups in total. The van der Waals surface area contributed by atoms with Gasteiger partial charge in [0.25, 0.3) is 0 Å². The van der Waals surface area contributed by atoms with E-state index in [1.165, 1.54) is 13.3 Å². The molecule has 7 nitrogen and oxygen atoms in total. The molecule has 0 aliphatic rings. The zero-order chi connectivity index (χ0) is 19.6. The van der Waals surface area contributed by atoms with Crippen molar-refractivity contribution in [3.63, 3.8) is 0 Å². The van der Waals surface area contributed by atoms with Gasteiger partial charge in [-0.05, 0) is 36.8 Å². The average Bonchev–Trinajstić information content (AvgIpc) is 2.65. The minimum Gasteiger partial charge on any atom is -0.383 e. The summed E-state index contributed by atoms with van der Waals surface area (Å²) in [4.78, 5) is 23.3. The Kier molecular flexibility index (Phi) is 7.97. The Bertz CT molecular complexity index is 839. The molecule has 0 spiro atoms. The summed E-state index contributed by atoms with van der Waals surface area (Å²) in [5, 5.41) is 9.65. The quantitative estimate of drug-likeness (QED) is 0.271. The lowest BCUT2D eigenvalue weighted by Gasteiger charge is -2.12. The number of hydrogen-bond acceptors (Lipinski definition) is 5. The Hall–Kier alpha value is -2.71. The monoisotopic (exact) mass is 432 g/mol. The van der Waals surface area contributed by atoms with Crippen LogP contribution in [0, 0.1) is 6.92 Å². The number of aryl methyl sites for hydroxylation is 1. The number of methoxy groups -OCH3 is 1. The third-order valence-corrected chi connectivity index (χ3v) is 4.09. The van der Waals surface area contributed by atoms with E-state index in [4.69, 9.17) is 4.74 Å². The summed E-state index contributed by atoms with van der Waals surface area (Å²) >= 11 is 3.42. The van der Waals surface area contributed by atoms with Gasteiger partial charge in [-0.2, -0.15) is 5.10 Å². The highest BCUT2D eigenvalue weighted by Gasteiger charge is 2.11. The maximum absolute atomic E-state index is 11.7. The zero-order valence-corrected chi connectivity index (χ0v) is 16.7. The van der Waals surface area contributed by atoms with Gasteiger partial charge in [-0.15, -0.1) is 0 Å². The van der Waals surface area contributed by atoms with Crippen LogP contribution in [-0.2, 0) is 14.3 Å². The molecule has 0 bridgehead atoms. The minimum absolute atomic E-state index is 0.253. The lowest BCUT2D eigenvalue weighted by atomic mass is 10.1. The van der Waals surface area contributed by atoms with Gasteiger partial charge in [-0.1, -0.05) is 34.1 Å². The number of carbonyl (C=O) groups excluding carboxylic acids is 2. The van der Waals surface area contributed by atoms with Crippen molar-refractivity contribution in [2.75, 3.05) is 25.6 Å². The molecule has 2 aromatic carbocycles. The van der Waals surface area contributed by atoms with Crippen LogP contribution in [0.2, 0.25) is 0 Å². The van der Waals surface area contributed by atoms with Gasteiger partial charge in [-0.25, -0.2) is 5.43 Å². The van der Waals surface area contributed by atoms with E-state index >= 15 is 0 Å². The van der Waals surface area contributed by atoms with E-state index in [1.807, 2.05) is 49.4 Å². The number of benzene rings is 2. The van der Waals surface area contributed by atoms with E-state index < -0.39 is 11.8 Å². The normalized spacial score (nSPS) is 10.6. The van der Waals surface area contributed by atoms with E-state index in [0.29, 0.717) is 6.61 Å². The molecule has 0 aromatic heterocycles. The number of hydrogen-bond donors (Lipinski definition) is 3. The van der Waals surface area contributed by atoms with E-state index in [9.17, 15) is 9.59 Å². The summed E-state index contributed by atoms with van der Waals surface area (Å²) in [5.74, 6) is -1.61. The number of hydrazone groups is 1. The topological polar surface area (TPSA) is 91.8 Å². The van der Waals surface area contributed by atoms with E-state index in [0.717, 1.165) is 27.0 Å². The molecule has 27 heavy (non-hydrogen) atoms. The molecular weight excluding hydrogens is 412 g/mol. The molecule has 2 rings (SSSR count). The maximum Gasteiger partial charge on any atom is 0.329 e. The van der Waals surface area contributed by atoms with Crippen molar-refractivity contribution in [2.24, 2.45) is 5.10 Å². The van der Waals surface area contributed by atoms with Crippen molar-refractivity contribution in [1.82, 2.24) is 10.7 Å². The van der Waals surface area contributed by atoms with Crippen LogP contribution in [0.3, 0.4) is 0 Å². The molecular formula is C19H21BrN4O3. The second kappa shape index (κ2) is 10.4. The predicted octanol–water partition coefficient (Wildman–Crippen LogP) is 2.71. The first-order valence-corrected chi connectivity index (χ1v) is 9.03. The number of rotatable bonds is 7. The maximum atomic E-state index is 11.7. The van der Waals surface area contributed by atoms with Crippen molar-refractivity contribution < 1.29 is 14.3 Å². The largest absolute Gasteiger partial charge is 0.383 e. The Morgan fingerprint density at radius 3 is 2.67 bits per heavy atom. The van der Waals surface area contributed by atoms with Crippen LogP contribution in [0.25, 0.3) is 0 Å². The number of halogens is 1. The van der Waals surface area contributed by atoms with Crippen LogP contribution in [0.4, 0.5) is 11.4 Å². The van der Waals surface area contributed by atoms with Gasteiger partial charge < -0.3 is 15.4 Å². The first-order chi connectivity index (χ1) is 13.0. The molecule has 8 heteroatoms. The summed E-state index contributed by atoms with van der Waals surface area (Å²) in [6.07, 6.45) is 1.48. The molecule has 0 unspecified atom stereocenters. The van der Waals surface area contributed by atoms with Gasteiger partial charge in [0.2, 0.25) is 0 Å². The van der Waals surface area contributed by atoms with Crippen LogP contribution in [-0.4, -0.2) is 38.3 Å². The summed E-state index contributed by atoms with van der Waals surface area (Å²) in [7, 11) is 1.51. The van der Waals surface area contributed by atoms with Crippen LogP contribution in [0.15, 0.2) is 52.0 Å². The molecule has 0 atom stereocenters. The lowest BCUT2D eigenvalue weighted by Crippen LogP contribution is -2.39. The van der Waals surface area contributed by atoms with E-state index in [-0.39, 0.29) is 6.54 Å². The zero-order valence-electron chi connectivity index (χ0n) is 15.1. The average molecular weight is 433 g/mol. The Morgan fingerprint density at radius 1 is 1.15 bits per heavy atom. The van der Waals surface area contributed by atoms with Gasteiger partial charge in [0.1, 0.15) is 0 Å². The number of anilines is 2. The molecule has 0 aliphatic heterocycles. The summed E-state index contributed by atoms with van der Waals surface area (Å²) in [6, 6.07) is 13.6. The van der Waals surface area contributed by atoms with Crippen molar-refractivity contribution in [1.29, 1.82) is 0 Å². The molecule has 0 radical (unpaired) electrons. The third-order valence-electron chi connectivity index (χ3n) is 3.60. The fourth-order valence-electron chi connectivity index (χ4n) is 2.17. The van der Waals surface area contributed by atoms with Crippen LogP contribution < -0.4 is 16.1 Å². The van der Waals surface area contributed by atoms with Gasteiger partial charge in [0.05, 0.1) is 12.8 Å². The van der Waals surface area contributed by atoms with Crippen molar-refractivity contribution >= 4 is 45.3 Å². The summed E-state index contributed by atoms with van der Waals surface area (Å²) in [6.45, 7) is 2.59. The molecule has 0 saturated carbocycles. The van der Waals surface area contributed by atoms with Gasteiger partial charge in [-0.3, -0.25) is 9.59 Å². The molecule has 0 aliphatic carbocycles. The molecule has 0 heterocycles. The van der Waals surface area contributed by atoms with Crippen molar-refractivity contribution in [2.45, 2.75) is 6.92 Å². The lowest BCUT2D eigenvalue weighted by molar-refractivity contribution is -0.139. The Labute approximate surface area is 166 Å². The fourth-order valence-corrected chi connectivity index (χ4v) is 2.55. The molecule has 0 saturated heterocycles. The molecule has 2 aromatic rings. The van der Waals surface area contributed by atoms with E-state index in [1.54, 1.807) is 0 Å². The SMILES string of the molecule is COCCNC(=O)C(=O)N/N=C\c1cc(Br)ccc1Nc1ccccc1C. The fraction of sp³-hybridized carbons (Fsp3) is 0.211. The second-order valence-corrected chi connectivity index (χ2v) is 6.53. The van der Waals surface area contributed by atoms with Crippen LogP contribution >= 0.6 is 15.9 Å². The van der Waals surface area contributed by atoms with Gasteiger partial charge in [0, 0.05) is 35.1 Å². The predicted molar refractivity (Wildman–Crippen MR) is 109 cm³/mol. The molecule has 142 valence electrons.